The Labute approximate surface area is 144 Å². The summed E-state index contributed by atoms with van der Waals surface area (Å²) < 4.78 is 13.4. The number of aromatic nitrogens is 2. The molecule has 0 radical (unpaired) electrons. The van der Waals surface area contributed by atoms with Crippen LogP contribution in [0.15, 0.2) is 36.7 Å². The van der Waals surface area contributed by atoms with Gasteiger partial charge in [-0.15, -0.1) is 0 Å². The molecule has 7 nitrogen and oxygen atoms in total. The molecule has 1 aromatic heterocycles. The molecule has 0 aliphatic carbocycles. The van der Waals surface area contributed by atoms with Crippen LogP contribution < -0.4 is 0 Å². The lowest BCUT2D eigenvalue weighted by Crippen LogP contribution is -2.36. The summed E-state index contributed by atoms with van der Waals surface area (Å²) in [5.41, 5.74) is 0.462. The SMILES string of the molecule is CN(C)CCN(Cc1cccc(F)c1)C(=O)c1cnc(C(=O)O)cn1. The van der Waals surface area contributed by atoms with Crippen molar-refractivity contribution in [3.05, 3.63) is 59.4 Å². The zero-order valence-electron chi connectivity index (χ0n) is 14.0. The van der Waals surface area contributed by atoms with Crippen molar-refractivity contribution in [2.45, 2.75) is 6.54 Å². The lowest BCUT2D eigenvalue weighted by atomic mass is 10.2. The molecule has 1 N–H and O–H groups in total. The number of nitrogens with zero attached hydrogens (tertiary/aromatic N) is 4. The standard InChI is InChI=1S/C17H19FN4O3/c1-21(2)6-7-22(11-12-4-3-5-13(18)8-12)16(23)14-9-20-15(10-19-14)17(24)25/h3-5,8-10H,6-7,11H2,1-2H3,(H,24,25). The maximum absolute atomic E-state index is 13.4. The normalized spacial score (nSPS) is 10.7. The molecule has 0 bridgehead atoms. The Morgan fingerprint density at radius 3 is 2.36 bits per heavy atom. The zero-order chi connectivity index (χ0) is 18.4. The predicted octanol–water partition coefficient (Wildman–Crippen LogP) is 1.52. The lowest BCUT2D eigenvalue weighted by molar-refractivity contribution is 0.0683. The average Bonchev–Trinajstić information content (AvgIpc) is 2.58. The molecule has 0 spiro atoms. The van der Waals surface area contributed by atoms with E-state index in [0.717, 1.165) is 12.4 Å². The molecular formula is C17H19FN4O3. The van der Waals surface area contributed by atoms with Gasteiger partial charge in [0.15, 0.2) is 5.69 Å². The van der Waals surface area contributed by atoms with Crippen LogP contribution in [0, 0.1) is 5.82 Å². The Morgan fingerprint density at radius 1 is 1.12 bits per heavy atom. The van der Waals surface area contributed by atoms with Crippen molar-refractivity contribution in [3.8, 4) is 0 Å². The highest BCUT2D eigenvalue weighted by Gasteiger charge is 2.19. The molecule has 0 unspecified atom stereocenters. The smallest absolute Gasteiger partial charge is 0.356 e. The summed E-state index contributed by atoms with van der Waals surface area (Å²) in [5, 5.41) is 8.85. The van der Waals surface area contributed by atoms with Gasteiger partial charge >= 0.3 is 5.97 Å². The summed E-state index contributed by atoms with van der Waals surface area (Å²) in [6, 6.07) is 6.03. The van der Waals surface area contributed by atoms with Crippen molar-refractivity contribution in [1.82, 2.24) is 19.8 Å². The van der Waals surface area contributed by atoms with Crippen LogP contribution in [-0.4, -0.2) is 63.9 Å². The Morgan fingerprint density at radius 2 is 1.80 bits per heavy atom. The van der Waals surface area contributed by atoms with Gasteiger partial charge in [-0.1, -0.05) is 12.1 Å². The van der Waals surface area contributed by atoms with Gasteiger partial charge in [0.25, 0.3) is 5.91 Å². The van der Waals surface area contributed by atoms with Crippen molar-refractivity contribution in [2.24, 2.45) is 0 Å². The molecule has 1 amide bonds. The van der Waals surface area contributed by atoms with E-state index in [1.54, 1.807) is 12.1 Å². The molecule has 0 aliphatic rings. The molecule has 8 heteroatoms. The van der Waals surface area contributed by atoms with Crippen LogP contribution in [0.25, 0.3) is 0 Å². The molecule has 0 saturated carbocycles. The maximum Gasteiger partial charge on any atom is 0.356 e. The number of benzene rings is 1. The highest BCUT2D eigenvalue weighted by Crippen LogP contribution is 2.10. The Bertz CT molecular complexity index is 750. The van der Waals surface area contributed by atoms with Gasteiger partial charge in [0.1, 0.15) is 11.5 Å². The fourth-order valence-electron chi connectivity index (χ4n) is 2.14. The van der Waals surface area contributed by atoms with Gasteiger partial charge in [-0.05, 0) is 31.8 Å². The monoisotopic (exact) mass is 346 g/mol. The van der Waals surface area contributed by atoms with Crippen molar-refractivity contribution >= 4 is 11.9 Å². The molecule has 1 heterocycles. The van der Waals surface area contributed by atoms with Crippen LogP contribution in [0.5, 0.6) is 0 Å². The second kappa shape index (κ2) is 8.29. The number of carbonyl (C=O) groups is 2. The number of amides is 1. The minimum atomic E-state index is -1.21. The molecule has 1 aromatic carbocycles. The minimum absolute atomic E-state index is 0.0418. The second-order valence-corrected chi connectivity index (χ2v) is 5.75. The van der Waals surface area contributed by atoms with Gasteiger partial charge in [-0.2, -0.15) is 0 Å². The largest absolute Gasteiger partial charge is 0.476 e. The minimum Gasteiger partial charge on any atom is -0.476 e. The third kappa shape index (κ3) is 5.32. The molecule has 0 fully saturated rings. The van der Waals surface area contributed by atoms with E-state index < -0.39 is 11.9 Å². The van der Waals surface area contributed by atoms with E-state index in [-0.39, 0.29) is 23.7 Å². The summed E-state index contributed by atoms with van der Waals surface area (Å²) >= 11 is 0. The van der Waals surface area contributed by atoms with Gasteiger partial charge in [0, 0.05) is 19.6 Å². The van der Waals surface area contributed by atoms with Crippen molar-refractivity contribution in [2.75, 3.05) is 27.2 Å². The first-order chi connectivity index (χ1) is 11.9. The predicted molar refractivity (Wildman–Crippen MR) is 88.7 cm³/mol. The van der Waals surface area contributed by atoms with Crippen LogP contribution in [0.2, 0.25) is 0 Å². The van der Waals surface area contributed by atoms with Crippen LogP contribution in [0.1, 0.15) is 26.5 Å². The van der Waals surface area contributed by atoms with Gasteiger partial charge in [-0.3, -0.25) is 4.79 Å². The summed E-state index contributed by atoms with van der Waals surface area (Å²) in [7, 11) is 3.76. The Kier molecular flexibility index (Phi) is 6.13. The van der Waals surface area contributed by atoms with E-state index in [4.69, 9.17) is 5.11 Å². The van der Waals surface area contributed by atoms with E-state index in [0.29, 0.717) is 18.7 Å². The molecule has 0 saturated heterocycles. The number of carboxylic acid groups (broad SMARTS) is 1. The Hall–Kier alpha value is -2.87. The van der Waals surface area contributed by atoms with Crippen molar-refractivity contribution < 1.29 is 19.1 Å². The summed E-state index contributed by atoms with van der Waals surface area (Å²) in [6.45, 7) is 1.24. The van der Waals surface area contributed by atoms with Crippen molar-refractivity contribution in [1.29, 1.82) is 0 Å². The fraction of sp³-hybridized carbons (Fsp3) is 0.294. The van der Waals surface area contributed by atoms with Crippen LogP contribution in [-0.2, 0) is 6.54 Å². The highest BCUT2D eigenvalue weighted by molar-refractivity contribution is 5.92. The number of hydrogen-bond acceptors (Lipinski definition) is 5. The quantitative estimate of drug-likeness (QED) is 0.818. The topological polar surface area (TPSA) is 86.6 Å². The first-order valence-corrected chi connectivity index (χ1v) is 7.60. The van der Waals surface area contributed by atoms with Crippen LogP contribution >= 0.6 is 0 Å². The van der Waals surface area contributed by atoms with E-state index in [9.17, 15) is 14.0 Å². The third-order valence-electron chi connectivity index (χ3n) is 3.46. The molecule has 2 rings (SSSR count). The molecule has 0 atom stereocenters. The number of likely N-dealkylation sites (N-methyl/N-ethyl adjacent to an activating group) is 1. The summed E-state index contributed by atoms with van der Waals surface area (Å²) in [4.78, 5) is 34.6. The molecular weight excluding hydrogens is 327 g/mol. The maximum atomic E-state index is 13.4. The second-order valence-electron chi connectivity index (χ2n) is 5.75. The van der Waals surface area contributed by atoms with E-state index in [1.165, 1.54) is 17.0 Å². The molecule has 0 aliphatic heterocycles. The number of carbonyl (C=O) groups excluding carboxylic acids is 1. The van der Waals surface area contributed by atoms with E-state index >= 15 is 0 Å². The number of aromatic carboxylic acids is 1. The van der Waals surface area contributed by atoms with E-state index in [2.05, 4.69) is 9.97 Å². The number of rotatable bonds is 7. The van der Waals surface area contributed by atoms with Crippen LogP contribution in [0.4, 0.5) is 4.39 Å². The van der Waals surface area contributed by atoms with Gasteiger partial charge in [0.05, 0.1) is 12.4 Å². The first kappa shape index (κ1) is 18.5. The lowest BCUT2D eigenvalue weighted by Gasteiger charge is -2.24. The number of carboxylic acids is 1. The fourth-order valence-corrected chi connectivity index (χ4v) is 2.14. The zero-order valence-corrected chi connectivity index (χ0v) is 14.0. The summed E-state index contributed by atoms with van der Waals surface area (Å²) in [6.07, 6.45) is 2.18. The van der Waals surface area contributed by atoms with Gasteiger partial charge in [-0.25, -0.2) is 19.2 Å². The van der Waals surface area contributed by atoms with Crippen LogP contribution in [0.3, 0.4) is 0 Å². The average molecular weight is 346 g/mol. The molecule has 132 valence electrons. The molecule has 2 aromatic rings. The van der Waals surface area contributed by atoms with Gasteiger partial charge in [0.2, 0.25) is 0 Å². The third-order valence-corrected chi connectivity index (χ3v) is 3.46. The summed E-state index contributed by atoms with van der Waals surface area (Å²) in [5.74, 6) is -1.98. The molecule has 25 heavy (non-hydrogen) atoms. The van der Waals surface area contributed by atoms with Gasteiger partial charge < -0.3 is 14.9 Å². The van der Waals surface area contributed by atoms with Crippen molar-refractivity contribution in [3.63, 3.8) is 0 Å². The number of halogens is 1. The Balaban J connectivity index is 2.20. The number of hydrogen-bond donors (Lipinski definition) is 1. The highest BCUT2D eigenvalue weighted by atomic mass is 19.1. The first-order valence-electron chi connectivity index (χ1n) is 7.60. The van der Waals surface area contributed by atoms with E-state index in [1.807, 2.05) is 19.0 Å².